The lowest BCUT2D eigenvalue weighted by atomic mass is 10.2. The zero-order valence-corrected chi connectivity index (χ0v) is 23.0. The van der Waals surface area contributed by atoms with Crippen LogP contribution in [0.5, 0.6) is 11.5 Å². The van der Waals surface area contributed by atoms with Crippen molar-refractivity contribution in [1.82, 2.24) is 9.80 Å². The van der Waals surface area contributed by atoms with E-state index in [-0.39, 0.29) is 24.6 Å². The third kappa shape index (κ3) is 7.49. The molecule has 2 heterocycles. The van der Waals surface area contributed by atoms with Crippen LogP contribution in [-0.2, 0) is 22.6 Å². The van der Waals surface area contributed by atoms with Gasteiger partial charge in [-0.15, -0.1) is 11.3 Å². The van der Waals surface area contributed by atoms with Crippen LogP contribution >= 0.6 is 11.3 Å². The maximum Gasteiger partial charge on any atom is 0.322 e. The van der Waals surface area contributed by atoms with Gasteiger partial charge in [-0.05, 0) is 49.6 Å². The largest absolute Gasteiger partial charge is 0.497 e. The molecule has 1 fully saturated rings. The zero-order valence-electron chi connectivity index (χ0n) is 22.1. The van der Waals surface area contributed by atoms with Crippen LogP contribution in [0, 0.1) is 6.92 Å². The summed E-state index contributed by atoms with van der Waals surface area (Å²) in [6.45, 7) is 3.91. The molecule has 4 rings (SSSR count). The van der Waals surface area contributed by atoms with Gasteiger partial charge in [-0.1, -0.05) is 30.3 Å². The van der Waals surface area contributed by atoms with Gasteiger partial charge in [0.2, 0.25) is 5.91 Å². The third-order valence-corrected chi connectivity index (χ3v) is 7.41. The first-order valence-electron chi connectivity index (χ1n) is 12.7. The van der Waals surface area contributed by atoms with Crippen LogP contribution in [0.1, 0.15) is 28.2 Å². The number of hydrogen-bond acceptors (Lipinski definition) is 6. The Balaban J connectivity index is 1.53. The number of nitrogens with zero attached hydrogens (tertiary/aromatic N) is 2. The van der Waals surface area contributed by atoms with Crippen molar-refractivity contribution in [1.29, 1.82) is 0 Å². The van der Waals surface area contributed by atoms with E-state index in [1.807, 2.05) is 35.2 Å². The second-order valence-corrected chi connectivity index (χ2v) is 10.6. The van der Waals surface area contributed by atoms with Crippen molar-refractivity contribution in [2.24, 2.45) is 0 Å². The Morgan fingerprint density at radius 1 is 1.03 bits per heavy atom. The number of amides is 3. The molecular formula is C29H35N3O5S. The van der Waals surface area contributed by atoms with Gasteiger partial charge in [-0.25, -0.2) is 4.79 Å². The second kappa shape index (κ2) is 13.3. The molecule has 1 unspecified atom stereocenters. The first-order chi connectivity index (χ1) is 18.4. The molecule has 8 nitrogen and oxygen atoms in total. The number of carbonyl (C=O) groups is 2. The van der Waals surface area contributed by atoms with Crippen molar-refractivity contribution in [3.8, 4) is 11.5 Å². The molecule has 0 radical (unpaired) electrons. The Bertz CT molecular complexity index is 1210. The van der Waals surface area contributed by atoms with Gasteiger partial charge in [0.05, 0.1) is 32.6 Å². The molecule has 202 valence electrons. The predicted molar refractivity (Wildman–Crippen MR) is 149 cm³/mol. The molecule has 1 aliphatic rings. The molecule has 1 aliphatic heterocycles. The molecule has 3 amide bonds. The molecule has 2 aromatic carbocycles. The average molecular weight is 538 g/mol. The number of thiophene rings is 1. The van der Waals surface area contributed by atoms with Gasteiger partial charge in [0.25, 0.3) is 0 Å². The molecule has 38 heavy (non-hydrogen) atoms. The third-order valence-electron chi connectivity index (χ3n) is 6.42. The summed E-state index contributed by atoms with van der Waals surface area (Å²) in [4.78, 5) is 32.9. The summed E-state index contributed by atoms with van der Waals surface area (Å²) >= 11 is 1.67. The van der Waals surface area contributed by atoms with Crippen molar-refractivity contribution in [3.63, 3.8) is 0 Å². The predicted octanol–water partition coefficient (Wildman–Crippen LogP) is 5.32. The number of ether oxygens (including phenoxy) is 3. The van der Waals surface area contributed by atoms with E-state index in [0.29, 0.717) is 43.4 Å². The smallest absolute Gasteiger partial charge is 0.322 e. The van der Waals surface area contributed by atoms with Gasteiger partial charge in [-0.2, -0.15) is 0 Å². The molecule has 0 saturated carbocycles. The number of hydrogen-bond donors (Lipinski definition) is 1. The summed E-state index contributed by atoms with van der Waals surface area (Å²) in [5.41, 5.74) is 1.53. The van der Waals surface area contributed by atoms with Crippen molar-refractivity contribution < 1.29 is 23.8 Å². The zero-order chi connectivity index (χ0) is 26.9. The Labute approximate surface area is 228 Å². The minimum atomic E-state index is -0.385. The first-order valence-corrected chi connectivity index (χ1v) is 13.5. The van der Waals surface area contributed by atoms with Gasteiger partial charge in [0.15, 0.2) is 0 Å². The molecule has 0 aliphatic carbocycles. The molecule has 1 N–H and O–H groups in total. The highest BCUT2D eigenvalue weighted by molar-refractivity contribution is 7.11. The van der Waals surface area contributed by atoms with Crippen molar-refractivity contribution in [2.75, 3.05) is 39.2 Å². The first kappa shape index (κ1) is 27.5. The Kier molecular flexibility index (Phi) is 9.62. The Morgan fingerprint density at radius 2 is 1.84 bits per heavy atom. The summed E-state index contributed by atoms with van der Waals surface area (Å²) in [7, 11) is 3.10. The Morgan fingerprint density at radius 3 is 2.50 bits per heavy atom. The van der Waals surface area contributed by atoms with Crippen LogP contribution in [0.25, 0.3) is 0 Å². The normalized spacial score (nSPS) is 14.7. The lowest BCUT2D eigenvalue weighted by Gasteiger charge is -2.29. The molecule has 3 aromatic rings. The van der Waals surface area contributed by atoms with Crippen molar-refractivity contribution in [2.45, 2.75) is 39.0 Å². The minimum absolute atomic E-state index is 0.0681. The average Bonchev–Trinajstić information content (AvgIpc) is 3.60. The van der Waals surface area contributed by atoms with E-state index < -0.39 is 0 Å². The van der Waals surface area contributed by atoms with E-state index in [2.05, 4.69) is 24.4 Å². The molecule has 1 aromatic heterocycles. The van der Waals surface area contributed by atoms with Crippen molar-refractivity contribution in [3.05, 3.63) is 76.0 Å². The molecule has 1 saturated heterocycles. The maximum atomic E-state index is 13.7. The number of carbonyl (C=O) groups excluding carboxylic acids is 2. The van der Waals surface area contributed by atoms with Crippen molar-refractivity contribution >= 4 is 29.0 Å². The standard InChI is InChI=1S/C29H35N3O5S/c1-21-11-13-25(38-21)19-31(17-22-8-5-4-6-9-22)28(33)20-32(18-24-10-7-15-37-24)29(34)30-26-14-12-23(35-2)16-27(26)36-3/h4-6,8-9,11-14,16,24H,7,10,15,17-20H2,1-3H3,(H,30,34). The molecule has 0 bridgehead atoms. The summed E-state index contributed by atoms with van der Waals surface area (Å²) in [6.07, 6.45) is 1.69. The van der Waals surface area contributed by atoms with Crippen LogP contribution in [0.15, 0.2) is 60.7 Å². The van der Waals surface area contributed by atoms with Gasteiger partial charge in [-0.3, -0.25) is 4.79 Å². The highest BCUT2D eigenvalue weighted by Crippen LogP contribution is 2.29. The highest BCUT2D eigenvalue weighted by Gasteiger charge is 2.27. The topological polar surface area (TPSA) is 80.3 Å². The minimum Gasteiger partial charge on any atom is -0.497 e. The van der Waals surface area contributed by atoms with Gasteiger partial charge < -0.3 is 29.3 Å². The number of anilines is 1. The number of urea groups is 1. The van der Waals surface area contributed by atoms with E-state index in [1.54, 1.807) is 41.5 Å². The molecule has 9 heteroatoms. The fourth-order valence-electron chi connectivity index (χ4n) is 4.41. The maximum absolute atomic E-state index is 13.7. The number of aryl methyl sites for hydroxylation is 1. The second-order valence-electron chi connectivity index (χ2n) is 9.26. The van der Waals surface area contributed by atoms with Crippen LogP contribution in [0.4, 0.5) is 10.5 Å². The van der Waals surface area contributed by atoms with E-state index in [1.165, 1.54) is 12.0 Å². The fraction of sp³-hybridized carbons (Fsp3) is 0.379. The highest BCUT2D eigenvalue weighted by atomic mass is 32.1. The number of methoxy groups -OCH3 is 2. The fourth-order valence-corrected chi connectivity index (χ4v) is 5.31. The summed E-state index contributed by atoms with van der Waals surface area (Å²) in [5.74, 6) is 0.959. The SMILES string of the molecule is COc1ccc(NC(=O)N(CC(=O)N(Cc2ccccc2)Cc2ccc(C)s2)CC2CCCO2)c(OC)c1. The monoisotopic (exact) mass is 537 g/mol. The molecular weight excluding hydrogens is 502 g/mol. The molecule has 0 spiro atoms. The lowest BCUT2D eigenvalue weighted by molar-refractivity contribution is -0.133. The lowest BCUT2D eigenvalue weighted by Crippen LogP contribution is -2.46. The van der Waals surface area contributed by atoms with E-state index in [4.69, 9.17) is 14.2 Å². The van der Waals surface area contributed by atoms with Gasteiger partial charge in [0.1, 0.15) is 18.0 Å². The van der Waals surface area contributed by atoms with Gasteiger partial charge >= 0.3 is 6.03 Å². The van der Waals surface area contributed by atoms with Crippen LogP contribution < -0.4 is 14.8 Å². The van der Waals surface area contributed by atoms with Crippen LogP contribution in [0.3, 0.4) is 0 Å². The quantitative estimate of drug-likeness (QED) is 0.358. The summed E-state index contributed by atoms with van der Waals surface area (Å²) in [6, 6.07) is 18.8. The summed E-state index contributed by atoms with van der Waals surface area (Å²) in [5, 5.41) is 2.92. The summed E-state index contributed by atoms with van der Waals surface area (Å²) < 4.78 is 16.5. The van der Waals surface area contributed by atoms with E-state index in [0.717, 1.165) is 23.3 Å². The number of benzene rings is 2. The van der Waals surface area contributed by atoms with Gasteiger partial charge in [0, 0.05) is 35.5 Å². The van der Waals surface area contributed by atoms with Crippen LogP contribution in [-0.4, -0.2) is 61.8 Å². The number of rotatable bonds is 11. The van der Waals surface area contributed by atoms with E-state index in [9.17, 15) is 9.59 Å². The van der Waals surface area contributed by atoms with E-state index >= 15 is 0 Å². The number of nitrogens with one attached hydrogen (secondary N) is 1. The van der Waals surface area contributed by atoms with Crippen LogP contribution in [0.2, 0.25) is 0 Å². The Hall–Kier alpha value is -3.56. The molecule has 1 atom stereocenters.